The molecule has 0 heterocycles. The summed E-state index contributed by atoms with van der Waals surface area (Å²) in [4.78, 5) is 0. The molecule has 0 saturated heterocycles. The van der Waals surface area contributed by atoms with Crippen LogP contribution in [0.15, 0.2) is 0 Å². The zero-order valence-electron chi connectivity index (χ0n) is 8.68. The van der Waals surface area contributed by atoms with E-state index in [0.717, 1.165) is 12.5 Å². The molecule has 1 unspecified atom stereocenters. The van der Waals surface area contributed by atoms with E-state index >= 15 is 0 Å². The first kappa shape index (κ1) is 10.0. The molecule has 1 aliphatic rings. The summed E-state index contributed by atoms with van der Waals surface area (Å²) in [6.07, 6.45) is 2.75. The summed E-state index contributed by atoms with van der Waals surface area (Å²) in [6.45, 7) is 7.16. The minimum absolute atomic E-state index is 0.00396. The van der Waals surface area contributed by atoms with Crippen molar-refractivity contribution in [2.75, 3.05) is 13.7 Å². The van der Waals surface area contributed by atoms with Crippen LogP contribution in [0.4, 0.5) is 0 Å². The molecule has 0 aromatic carbocycles. The molecule has 0 bridgehead atoms. The highest BCUT2D eigenvalue weighted by atomic mass is 16.5. The van der Waals surface area contributed by atoms with Crippen molar-refractivity contribution in [2.45, 2.75) is 45.3 Å². The molecule has 12 heavy (non-hydrogen) atoms. The van der Waals surface area contributed by atoms with Gasteiger partial charge < -0.3 is 10.1 Å². The van der Waals surface area contributed by atoms with E-state index in [0.29, 0.717) is 6.04 Å². The molecule has 2 nitrogen and oxygen atoms in total. The number of hydrogen-bond acceptors (Lipinski definition) is 2. The first-order valence-electron chi connectivity index (χ1n) is 4.84. The Bertz CT molecular complexity index is 135. The summed E-state index contributed by atoms with van der Waals surface area (Å²) in [6, 6.07) is 0.573. The van der Waals surface area contributed by atoms with Crippen LogP contribution in [0.25, 0.3) is 0 Å². The third kappa shape index (κ3) is 3.55. The zero-order valence-corrected chi connectivity index (χ0v) is 8.68. The Balaban J connectivity index is 2.19. The first-order valence-corrected chi connectivity index (χ1v) is 4.84. The second-order valence-electron chi connectivity index (χ2n) is 4.66. The van der Waals surface area contributed by atoms with Gasteiger partial charge in [0.1, 0.15) is 0 Å². The Morgan fingerprint density at radius 3 is 2.33 bits per heavy atom. The van der Waals surface area contributed by atoms with E-state index in [1.807, 2.05) is 7.05 Å². The van der Waals surface area contributed by atoms with E-state index < -0.39 is 0 Å². The molecule has 0 aromatic rings. The molecular weight excluding hydrogens is 150 g/mol. The van der Waals surface area contributed by atoms with Gasteiger partial charge in [-0.25, -0.2) is 0 Å². The highest BCUT2D eigenvalue weighted by molar-refractivity contribution is 4.85. The standard InChI is InChI=1S/C10H21NO/c1-10(2,3)12-7-9(11-4)8-5-6-8/h8-9,11H,5-7H2,1-4H3. The molecule has 0 radical (unpaired) electrons. The maximum Gasteiger partial charge on any atom is 0.0629 e. The predicted octanol–water partition coefficient (Wildman–Crippen LogP) is 1.80. The Kier molecular flexibility index (Phi) is 3.13. The largest absolute Gasteiger partial charge is 0.374 e. The normalized spacial score (nSPS) is 21.0. The third-order valence-electron chi connectivity index (χ3n) is 2.26. The van der Waals surface area contributed by atoms with Gasteiger partial charge in [-0.15, -0.1) is 0 Å². The van der Waals surface area contributed by atoms with Crippen molar-refractivity contribution in [1.29, 1.82) is 0 Å². The SMILES string of the molecule is CNC(COC(C)(C)C)C1CC1. The lowest BCUT2D eigenvalue weighted by atomic mass is 10.1. The van der Waals surface area contributed by atoms with Gasteiger partial charge in [-0.2, -0.15) is 0 Å². The lowest BCUT2D eigenvalue weighted by Gasteiger charge is -2.24. The van der Waals surface area contributed by atoms with Gasteiger partial charge in [0, 0.05) is 6.04 Å². The Hall–Kier alpha value is -0.0800. The molecule has 1 saturated carbocycles. The molecule has 0 amide bonds. The van der Waals surface area contributed by atoms with E-state index in [1.165, 1.54) is 12.8 Å². The number of nitrogens with one attached hydrogen (secondary N) is 1. The van der Waals surface area contributed by atoms with Crippen molar-refractivity contribution in [3.05, 3.63) is 0 Å². The first-order chi connectivity index (χ1) is 5.53. The van der Waals surface area contributed by atoms with Crippen LogP contribution in [0.1, 0.15) is 33.6 Å². The fraction of sp³-hybridized carbons (Fsp3) is 1.00. The summed E-state index contributed by atoms with van der Waals surface area (Å²) in [5.41, 5.74) is 0.00396. The van der Waals surface area contributed by atoms with Gasteiger partial charge in [0.05, 0.1) is 12.2 Å². The smallest absolute Gasteiger partial charge is 0.0629 e. The van der Waals surface area contributed by atoms with Crippen molar-refractivity contribution >= 4 is 0 Å². The lowest BCUT2D eigenvalue weighted by molar-refractivity contribution is -0.0161. The van der Waals surface area contributed by atoms with Crippen molar-refractivity contribution in [1.82, 2.24) is 5.32 Å². The van der Waals surface area contributed by atoms with E-state index in [2.05, 4.69) is 26.1 Å². The van der Waals surface area contributed by atoms with Crippen LogP contribution in [0, 0.1) is 5.92 Å². The molecule has 1 N–H and O–H groups in total. The highest BCUT2D eigenvalue weighted by Gasteiger charge is 2.30. The van der Waals surface area contributed by atoms with Crippen LogP contribution >= 0.6 is 0 Å². The summed E-state index contributed by atoms with van der Waals surface area (Å²) < 4.78 is 5.72. The van der Waals surface area contributed by atoms with E-state index in [4.69, 9.17) is 4.74 Å². The topological polar surface area (TPSA) is 21.3 Å². The van der Waals surface area contributed by atoms with Crippen LogP contribution < -0.4 is 5.32 Å². The van der Waals surface area contributed by atoms with Crippen molar-refractivity contribution in [3.8, 4) is 0 Å². The van der Waals surface area contributed by atoms with E-state index in [1.54, 1.807) is 0 Å². The molecule has 1 fully saturated rings. The summed E-state index contributed by atoms with van der Waals surface area (Å²) >= 11 is 0. The fourth-order valence-electron chi connectivity index (χ4n) is 1.29. The highest BCUT2D eigenvalue weighted by Crippen LogP contribution is 2.32. The molecule has 0 aliphatic heterocycles. The number of rotatable bonds is 4. The van der Waals surface area contributed by atoms with Gasteiger partial charge in [-0.1, -0.05) is 0 Å². The Morgan fingerprint density at radius 2 is 2.00 bits per heavy atom. The van der Waals surface area contributed by atoms with Crippen LogP contribution in [0.5, 0.6) is 0 Å². The molecule has 1 atom stereocenters. The second-order valence-corrected chi connectivity index (χ2v) is 4.66. The third-order valence-corrected chi connectivity index (χ3v) is 2.26. The van der Waals surface area contributed by atoms with Crippen LogP contribution in [0.2, 0.25) is 0 Å². The summed E-state index contributed by atoms with van der Waals surface area (Å²) in [7, 11) is 2.02. The van der Waals surface area contributed by atoms with Crippen LogP contribution in [-0.2, 0) is 4.74 Å². The van der Waals surface area contributed by atoms with Crippen LogP contribution in [-0.4, -0.2) is 25.3 Å². The zero-order chi connectivity index (χ0) is 9.19. The van der Waals surface area contributed by atoms with Gasteiger partial charge in [0.25, 0.3) is 0 Å². The monoisotopic (exact) mass is 171 g/mol. The minimum atomic E-state index is 0.00396. The van der Waals surface area contributed by atoms with Gasteiger partial charge >= 0.3 is 0 Å². The van der Waals surface area contributed by atoms with Crippen molar-refractivity contribution in [3.63, 3.8) is 0 Å². The van der Waals surface area contributed by atoms with Gasteiger partial charge in [0.15, 0.2) is 0 Å². The number of likely N-dealkylation sites (N-methyl/N-ethyl adjacent to an activating group) is 1. The van der Waals surface area contributed by atoms with Crippen LogP contribution in [0.3, 0.4) is 0 Å². The number of hydrogen-bond donors (Lipinski definition) is 1. The predicted molar refractivity (Wildman–Crippen MR) is 51.3 cm³/mol. The second kappa shape index (κ2) is 3.75. The molecule has 1 aliphatic carbocycles. The van der Waals surface area contributed by atoms with Gasteiger partial charge in [-0.3, -0.25) is 0 Å². The number of ether oxygens (including phenoxy) is 1. The molecule has 0 spiro atoms. The average molecular weight is 171 g/mol. The summed E-state index contributed by atoms with van der Waals surface area (Å²) in [5, 5.41) is 3.31. The molecular formula is C10H21NO. The van der Waals surface area contributed by atoms with E-state index in [9.17, 15) is 0 Å². The Morgan fingerprint density at radius 1 is 1.42 bits per heavy atom. The van der Waals surface area contributed by atoms with Gasteiger partial charge in [-0.05, 0) is 46.6 Å². The lowest BCUT2D eigenvalue weighted by Crippen LogP contribution is -2.35. The molecule has 72 valence electrons. The van der Waals surface area contributed by atoms with E-state index in [-0.39, 0.29) is 5.60 Å². The maximum absolute atomic E-state index is 5.72. The maximum atomic E-state index is 5.72. The van der Waals surface area contributed by atoms with Crippen molar-refractivity contribution in [2.24, 2.45) is 5.92 Å². The molecule has 2 heteroatoms. The minimum Gasteiger partial charge on any atom is -0.374 e. The average Bonchev–Trinajstić information content (AvgIpc) is 2.70. The van der Waals surface area contributed by atoms with Gasteiger partial charge in [0.2, 0.25) is 0 Å². The quantitative estimate of drug-likeness (QED) is 0.696. The Labute approximate surface area is 75.7 Å². The van der Waals surface area contributed by atoms with Crippen molar-refractivity contribution < 1.29 is 4.74 Å². The molecule has 0 aromatic heterocycles. The fourth-order valence-corrected chi connectivity index (χ4v) is 1.29. The summed E-state index contributed by atoms with van der Waals surface area (Å²) in [5.74, 6) is 0.873. The molecule has 1 rings (SSSR count).